The second-order valence-electron chi connectivity index (χ2n) is 8.10. The Morgan fingerprint density at radius 2 is 1.88 bits per heavy atom. The number of aromatic amines is 2. The lowest BCUT2D eigenvalue weighted by Gasteiger charge is -2.04. The summed E-state index contributed by atoms with van der Waals surface area (Å²) in [5.41, 5.74) is 10.9. The largest absolute Gasteiger partial charge is 0.480 e. The van der Waals surface area contributed by atoms with E-state index in [-0.39, 0.29) is 0 Å². The van der Waals surface area contributed by atoms with Crippen LogP contribution in [0.2, 0.25) is 0 Å². The number of pyridine rings is 1. The topological polar surface area (TPSA) is 108 Å². The number of aliphatic carboxylic acids is 1. The third-order valence-corrected chi connectivity index (χ3v) is 5.98. The molecular formula is C25H25BrN4O2. The molecule has 0 aliphatic carbocycles. The maximum Gasteiger partial charge on any atom is 0.320 e. The Balaban J connectivity index is 0.000000155. The highest BCUT2D eigenvalue weighted by Crippen LogP contribution is 2.31. The van der Waals surface area contributed by atoms with Gasteiger partial charge in [0.05, 0.1) is 11.2 Å². The van der Waals surface area contributed by atoms with Crippen LogP contribution in [0.1, 0.15) is 31.0 Å². The zero-order valence-corrected chi connectivity index (χ0v) is 19.5. The minimum absolute atomic E-state index is 0.347. The summed E-state index contributed by atoms with van der Waals surface area (Å²) in [6.45, 7) is 4.34. The van der Waals surface area contributed by atoms with Gasteiger partial charge in [-0.1, -0.05) is 48.0 Å². The number of fused-ring (bicyclic) bond motifs is 4. The fraction of sp³-hybridized carbons (Fsp3) is 0.200. The van der Waals surface area contributed by atoms with E-state index in [1.54, 1.807) is 0 Å². The fourth-order valence-electron chi connectivity index (χ4n) is 3.88. The number of carboxylic acid groups (broad SMARTS) is 1. The van der Waals surface area contributed by atoms with Crippen molar-refractivity contribution in [3.63, 3.8) is 0 Å². The van der Waals surface area contributed by atoms with E-state index in [9.17, 15) is 4.79 Å². The third-order valence-electron chi connectivity index (χ3n) is 5.49. The number of nitrogens with two attached hydrogens (primary N) is 1. The van der Waals surface area contributed by atoms with Gasteiger partial charge in [-0.2, -0.15) is 0 Å². The molecular weight excluding hydrogens is 468 g/mol. The van der Waals surface area contributed by atoms with Crippen LogP contribution in [0, 0.1) is 0 Å². The molecule has 5 N–H and O–H groups in total. The summed E-state index contributed by atoms with van der Waals surface area (Å²) < 4.78 is 1.11. The van der Waals surface area contributed by atoms with E-state index in [0.717, 1.165) is 37.7 Å². The van der Waals surface area contributed by atoms with Crippen LogP contribution in [0.25, 0.3) is 32.7 Å². The molecule has 0 saturated carbocycles. The standard InChI is InChI=1S/C14H13BrN2.C11H12N2O2/c1-8(2)13-14-10(5-6-16-13)11-7-9(15)3-4-12(11)17-14;12-9(11(14)15)5-7-6-13-10-4-2-1-3-8(7)10/h3-8,17H,1-2H3;1-4,6,9,13H,5,12H2,(H,14,15)/t;9-/m.0/s1. The molecule has 5 aromatic rings. The summed E-state index contributed by atoms with van der Waals surface area (Å²) >= 11 is 3.52. The van der Waals surface area contributed by atoms with Crippen molar-refractivity contribution in [2.75, 3.05) is 0 Å². The number of hydrogen-bond acceptors (Lipinski definition) is 3. The Labute approximate surface area is 194 Å². The number of rotatable bonds is 4. The average molecular weight is 493 g/mol. The van der Waals surface area contributed by atoms with Gasteiger partial charge >= 0.3 is 5.97 Å². The van der Waals surface area contributed by atoms with Crippen LogP contribution in [-0.2, 0) is 11.2 Å². The van der Waals surface area contributed by atoms with Crippen LogP contribution in [0.15, 0.2) is 65.4 Å². The number of halogens is 1. The van der Waals surface area contributed by atoms with Crippen molar-refractivity contribution >= 4 is 54.6 Å². The summed E-state index contributed by atoms with van der Waals surface area (Å²) in [5, 5.41) is 12.3. The first-order valence-electron chi connectivity index (χ1n) is 10.4. The molecule has 32 heavy (non-hydrogen) atoms. The molecule has 0 saturated heterocycles. The van der Waals surface area contributed by atoms with Crippen molar-refractivity contribution in [1.82, 2.24) is 15.0 Å². The van der Waals surface area contributed by atoms with Crippen molar-refractivity contribution in [2.45, 2.75) is 32.2 Å². The Kier molecular flexibility index (Phi) is 6.30. The fourth-order valence-corrected chi connectivity index (χ4v) is 4.24. The van der Waals surface area contributed by atoms with Gasteiger partial charge in [-0.25, -0.2) is 0 Å². The number of carbonyl (C=O) groups is 1. The SMILES string of the molecule is CC(C)c1nccc2c1[nH]c1ccc(Br)cc12.N[C@@H](Cc1c[nH]c2ccccc12)C(=O)O. The molecule has 164 valence electrons. The molecule has 3 aromatic heterocycles. The highest BCUT2D eigenvalue weighted by Gasteiger charge is 2.14. The summed E-state index contributed by atoms with van der Waals surface area (Å²) in [5.74, 6) is -0.546. The second-order valence-corrected chi connectivity index (χ2v) is 9.01. The number of nitrogens with zero attached hydrogens (tertiary/aromatic N) is 1. The molecule has 7 heteroatoms. The summed E-state index contributed by atoms with van der Waals surface area (Å²) in [6, 6.07) is 15.3. The molecule has 0 aliphatic heterocycles. The van der Waals surface area contributed by atoms with E-state index in [0.29, 0.717) is 12.3 Å². The van der Waals surface area contributed by atoms with Crippen LogP contribution in [0.5, 0.6) is 0 Å². The molecule has 0 bridgehead atoms. The first kappa shape index (κ1) is 22.0. The normalized spacial score (nSPS) is 12.3. The van der Waals surface area contributed by atoms with Gasteiger partial charge in [-0.15, -0.1) is 0 Å². The quantitative estimate of drug-likeness (QED) is 0.257. The van der Waals surface area contributed by atoms with Crippen LogP contribution >= 0.6 is 15.9 Å². The van der Waals surface area contributed by atoms with Crippen LogP contribution in [0.4, 0.5) is 0 Å². The molecule has 3 heterocycles. The van der Waals surface area contributed by atoms with Gasteiger partial charge < -0.3 is 20.8 Å². The monoisotopic (exact) mass is 492 g/mol. The molecule has 0 aliphatic rings. The summed E-state index contributed by atoms with van der Waals surface area (Å²) in [4.78, 5) is 21.7. The number of carboxylic acids is 1. The number of para-hydroxylation sites is 1. The van der Waals surface area contributed by atoms with Crippen molar-refractivity contribution in [3.05, 3.63) is 76.7 Å². The van der Waals surface area contributed by atoms with Gasteiger partial charge in [0, 0.05) is 50.5 Å². The van der Waals surface area contributed by atoms with E-state index >= 15 is 0 Å². The Hall–Kier alpha value is -3.16. The number of hydrogen-bond donors (Lipinski definition) is 4. The van der Waals surface area contributed by atoms with E-state index < -0.39 is 12.0 Å². The number of benzene rings is 2. The van der Waals surface area contributed by atoms with Gasteiger partial charge in [0.25, 0.3) is 0 Å². The first-order valence-corrected chi connectivity index (χ1v) is 11.2. The van der Waals surface area contributed by atoms with Gasteiger partial charge in [-0.05, 0) is 41.8 Å². The Morgan fingerprint density at radius 3 is 2.62 bits per heavy atom. The molecule has 0 amide bonds. The Morgan fingerprint density at radius 1 is 1.09 bits per heavy atom. The highest BCUT2D eigenvalue weighted by atomic mass is 79.9. The summed E-state index contributed by atoms with van der Waals surface area (Å²) in [6.07, 6.45) is 4.05. The zero-order valence-electron chi connectivity index (χ0n) is 17.9. The molecule has 0 unspecified atom stereocenters. The number of nitrogens with one attached hydrogen (secondary N) is 2. The summed E-state index contributed by atoms with van der Waals surface area (Å²) in [7, 11) is 0. The van der Waals surface area contributed by atoms with Gasteiger partial charge in [0.1, 0.15) is 6.04 Å². The molecule has 2 aromatic carbocycles. The van der Waals surface area contributed by atoms with E-state index in [1.165, 1.54) is 10.8 Å². The highest BCUT2D eigenvalue weighted by molar-refractivity contribution is 9.10. The van der Waals surface area contributed by atoms with E-state index in [1.807, 2.05) is 36.7 Å². The van der Waals surface area contributed by atoms with Crippen molar-refractivity contribution in [3.8, 4) is 0 Å². The predicted molar refractivity (Wildman–Crippen MR) is 133 cm³/mol. The van der Waals surface area contributed by atoms with Crippen molar-refractivity contribution < 1.29 is 9.90 Å². The predicted octanol–water partition coefficient (Wildman–Crippen LogP) is 5.72. The number of H-pyrrole nitrogens is 2. The average Bonchev–Trinajstić information content (AvgIpc) is 3.35. The van der Waals surface area contributed by atoms with Crippen LogP contribution in [-0.4, -0.2) is 32.1 Å². The lowest BCUT2D eigenvalue weighted by Crippen LogP contribution is -2.32. The minimum Gasteiger partial charge on any atom is -0.480 e. The number of aromatic nitrogens is 3. The van der Waals surface area contributed by atoms with Gasteiger partial charge in [0.2, 0.25) is 0 Å². The lowest BCUT2D eigenvalue weighted by molar-refractivity contribution is -0.138. The van der Waals surface area contributed by atoms with Crippen LogP contribution in [0.3, 0.4) is 0 Å². The third kappa shape index (κ3) is 4.40. The molecule has 0 spiro atoms. The minimum atomic E-state index is -0.972. The second kappa shape index (κ2) is 9.14. The Bertz CT molecular complexity index is 1400. The molecule has 5 rings (SSSR count). The molecule has 1 atom stereocenters. The van der Waals surface area contributed by atoms with Crippen LogP contribution < -0.4 is 5.73 Å². The van der Waals surface area contributed by atoms with E-state index in [2.05, 4.69) is 69.0 Å². The lowest BCUT2D eigenvalue weighted by atomic mass is 10.1. The maximum atomic E-state index is 10.6. The zero-order chi connectivity index (χ0) is 22.8. The van der Waals surface area contributed by atoms with Crippen molar-refractivity contribution in [2.24, 2.45) is 5.73 Å². The molecule has 0 fully saturated rings. The van der Waals surface area contributed by atoms with Gasteiger partial charge in [-0.3, -0.25) is 9.78 Å². The maximum absolute atomic E-state index is 10.6. The smallest absolute Gasteiger partial charge is 0.320 e. The molecule has 6 nitrogen and oxygen atoms in total. The van der Waals surface area contributed by atoms with E-state index in [4.69, 9.17) is 10.8 Å². The van der Waals surface area contributed by atoms with Crippen molar-refractivity contribution in [1.29, 1.82) is 0 Å². The van der Waals surface area contributed by atoms with Gasteiger partial charge in [0.15, 0.2) is 0 Å². The molecule has 0 radical (unpaired) electrons. The first-order chi connectivity index (χ1) is 15.3.